The number of benzene rings is 5. The van der Waals surface area contributed by atoms with Crippen LogP contribution < -0.4 is 10.6 Å². The summed E-state index contributed by atoms with van der Waals surface area (Å²) >= 11 is 6.26. The van der Waals surface area contributed by atoms with Gasteiger partial charge in [-0.2, -0.15) is 5.10 Å². The van der Waals surface area contributed by atoms with Crippen molar-refractivity contribution in [1.82, 2.24) is 35.2 Å². The van der Waals surface area contributed by atoms with E-state index in [4.69, 9.17) is 11.6 Å². The number of nitrogens with zero attached hydrogens (tertiary/aromatic N) is 5. The van der Waals surface area contributed by atoms with Gasteiger partial charge in [0.15, 0.2) is 5.69 Å². The van der Waals surface area contributed by atoms with Crippen molar-refractivity contribution >= 4 is 46.3 Å². The molecule has 2 heterocycles. The lowest BCUT2D eigenvalue weighted by atomic mass is 9.98. The molecule has 5 aromatic carbocycles. The zero-order chi connectivity index (χ0) is 42.8. The van der Waals surface area contributed by atoms with Crippen LogP contribution in [0.4, 0.5) is 0 Å². The molecule has 0 unspecified atom stereocenters. The first-order valence-corrected chi connectivity index (χ1v) is 19.7. The highest BCUT2D eigenvalue weighted by atomic mass is 35.5. The fraction of sp³-hybridized carbons (Fsp3) is 0.196. The molecule has 7 rings (SSSR count). The number of aliphatic carboxylic acids is 2. The van der Waals surface area contributed by atoms with Crippen molar-refractivity contribution in [3.8, 4) is 5.69 Å². The molecule has 4 N–H and O–H groups in total. The third-order valence-electron chi connectivity index (χ3n) is 9.73. The topological polar surface area (TPSA) is 181 Å². The normalized spacial score (nSPS) is 11.9. The van der Waals surface area contributed by atoms with Gasteiger partial charge in [0, 0.05) is 11.8 Å². The minimum Gasteiger partial charge on any atom is -0.481 e. The molecule has 0 saturated heterocycles. The monoisotopic (exact) mass is 825 g/mol. The van der Waals surface area contributed by atoms with Crippen molar-refractivity contribution in [3.05, 3.63) is 178 Å². The number of carboxylic acid groups (broad SMARTS) is 2. The summed E-state index contributed by atoms with van der Waals surface area (Å²) < 4.78 is 3.34. The molecule has 0 aliphatic rings. The Morgan fingerprint density at radius 1 is 0.700 bits per heavy atom. The Kier molecular flexibility index (Phi) is 13.8. The molecular formula is C46H44ClN7O6. The van der Waals surface area contributed by atoms with Crippen molar-refractivity contribution in [1.29, 1.82) is 0 Å². The Labute approximate surface area is 351 Å². The van der Waals surface area contributed by atoms with Crippen LogP contribution in [-0.2, 0) is 22.6 Å². The van der Waals surface area contributed by atoms with Crippen molar-refractivity contribution in [2.75, 3.05) is 0 Å². The second-order valence-corrected chi connectivity index (χ2v) is 14.5. The number of aryl methyl sites for hydroxylation is 3. The Morgan fingerprint density at radius 2 is 1.32 bits per heavy atom. The largest absolute Gasteiger partial charge is 0.481 e. The second-order valence-electron chi connectivity index (χ2n) is 14.1. The number of nitrogens with one attached hydrogen (secondary N) is 2. The Morgan fingerprint density at radius 3 is 2.00 bits per heavy atom. The standard InChI is InChI=1S/C25H23N3O3.C21H21ClN4O3/c1-17-9-5-6-12-19(17)21(15-23(29)30)26-25(31)24-20-13-7-8-14-22(20)28(27-24)16-18-10-3-2-4-11-18;1-3-18-24-20(25-26(18)17-7-5-4-6-15(17)22)21(29)23-16(12-19(27)28)14-10-8-13(2)9-11-14/h2-14,21H,15-16H2,1H3,(H,26,31)(H,29,30);4-11,16H,3,12H2,1-2H3,(H,23,29)(H,27,28)/t21-;16-/m00/s1. The van der Waals surface area contributed by atoms with E-state index in [1.165, 1.54) is 4.68 Å². The molecule has 0 saturated carbocycles. The number of fused-ring (bicyclic) bond motifs is 1. The lowest BCUT2D eigenvalue weighted by Crippen LogP contribution is -2.31. The fourth-order valence-electron chi connectivity index (χ4n) is 6.72. The van der Waals surface area contributed by atoms with Gasteiger partial charge in [0.2, 0.25) is 5.82 Å². The number of carbonyl (C=O) groups excluding carboxylic acids is 2. The summed E-state index contributed by atoms with van der Waals surface area (Å²) in [5.41, 5.74) is 6.29. The smallest absolute Gasteiger partial charge is 0.305 e. The first-order chi connectivity index (χ1) is 28.9. The fourth-order valence-corrected chi connectivity index (χ4v) is 6.94. The zero-order valence-corrected chi connectivity index (χ0v) is 34.0. The van der Waals surface area contributed by atoms with Crippen LogP contribution in [-0.4, -0.2) is 58.5 Å². The van der Waals surface area contributed by atoms with Gasteiger partial charge in [-0.25, -0.2) is 9.67 Å². The van der Waals surface area contributed by atoms with Crippen LogP contribution >= 0.6 is 11.6 Å². The number of carboxylic acids is 2. The van der Waals surface area contributed by atoms with E-state index >= 15 is 0 Å². The molecule has 0 aliphatic carbocycles. The first-order valence-electron chi connectivity index (χ1n) is 19.3. The second kappa shape index (κ2) is 19.6. The summed E-state index contributed by atoms with van der Waals surface area (Å²) in [6.45, 7) is 6.27. The number of carbonyl (C=O) groups is 4. The molecule has 14 heteroatoms. The molecule has 2 aromatic heterocycles. The van der Waals surface area contributed by atoms with Crippen molar-refractivity contribution in [3.63, 3.8) is 0 Å². The van der Waals surface area contributed by atoms with E-state index in [0.717, 1.165) is 33.2 Å². The maximum Gasteiger partial charge on any atom is 0.305 e. The highest BCUT2D eigenvalue weighted by molar-refractivity contribution is 6.32. The van der Waals surface area contributed by atoms with Gasteiger partial charge in [-0.05, 0) is 54.3 Å². The number of halogens is 1. The maximum atomic E-state index is 13.2. The van der Waals surface area contributed by atoms with Crippen LogP contribution in [0.25, 0.3) is 16.6 Å². The van der Waals surface area contributed by atoms with E-state index in [1.807, 2.05) is 118 Å². The maximum absolute atomic E-state index is 13.2. The Bertz CT molecular complexity index is 2620. The summed E-state index contributed by atoms with van der Waals surface area (Å²) in [5, 5.41) is 34.4. The molecule has 0 fully saturated rings. The summed E-state index contributed by atoms with van der Waals surface area (Å²) in [6, 6.07) is 38.1. The number of hydrogen-bond acceptors (Lipinski definition) is 7. The van der Waals surface area contributed by atoms with Crippen molar-refractivity contribution in [2.24, 2.45) is 0 Å². The van der Waals surface area contributed by atoms with E-state index in [2.05, 4.69) is 25.8 Å². The molecule has 7 aromatic rings. The number of amides is 2. The Balaban J connectivity index is 0.000000202. The Hall–Kier alpha value is -7.12. The van der Waals surface area contributed by atoms with Gasteiger partial charge in [-0.15, -0.1) is 5.10 Å². The molecule has 0 aliphatic heterocycles. The SMILES string of the molecule is CCc1nc(C(=O)N[C@@H](CC(=O)O)c2ccc(C)cc2)nn1-c1ccccc1Cl.Cc1ccccc1[C@H](CC(=O)O)NC(=O)c1nn(Cc2ccccc2)c2ccccc12. The quantitative estimate of drug-likeness (QED) is 0.0843. The third-order valence-corrected chi connectivity index (χ3v) is 10.1. The third kappa shape index (κ3) is 10.5. The summed E-state index contributed by atoms with van der Waals surface area (Å²) in [4.78, 5) is 53.1. The molecule has 306 valence electrons. The van der Waals surface area contributed by atoms with Crippen molar-refractivity contribution in [2.45, 2.75) is 58.7 Å². The van der Waals surface area contributed by atoms with Crippen LogP contribution in [0.3, 0.4) is 0 Å². The van der Waals surface area contributed by atoms with Gasteiger partial charge in [-0.1, -0.05) is 133 Å². The van der Waals surface area contributed by atoms with Gasteiger partial charge < -0.3 is 20.8 Å². The number of hydrogen-bond donors (Lipinski definition) is 4. The van der Waals surface area contributed by atoms with Gasteiger partial charge in [0.05, 0.1) is 47.7 Å². The van der Waals surface area contributed by atoms with E-state index in [1.54, 1.807) is 35.0 Å². The molecule has 0 radical (unpaired) electrons. The minimum atomic E-state index is -1.01. The molecule has 60 heavy (non-hydrogen) atoms. The molecular weight excluding hydrogens is 782 g/mol. The predicted molar refractivity (Wildman–Crippen MR) is 228 cm³/mol. The van der Waals surface area contributed by atoms with Gasteiger partial charge >= 0.3 is 11.9 Å². The van der Waals surface area contributed by atoms with Crippen LogP contribution in [0, 0.1) is 13.8 Å². The minimum absolute atomic E-state index is 0.0377. The van der Waals surface area contributed by atoms with Gasteiger partial charge in [0.25, 0.3) is 11.8 Å². The van der Waals surface area contributed by atoms with Gasteiger partial charge in [0.1, 0.15) is 5.82 Å². The lowest BCUT2D eigenvalue weighted by molar-refractivity contribution is -0.138. The first kappa shape index (κ1) is 42.5. The molecule has 2 amide bonds. The molecule has 0 bridgehead atoms. The average Bonchev–Trinajstić information content (AvgIpc) is 3.83. The van der Waals surface area contributed by atoms with Crippen molar-refractivity contribution < 1.29 is 29.4 Å². The molecule has 13 nitrogen and oxygen atoms in total. The summed E-state index contributed by atoms with van der Waals surface area (Å²) in [5.74, 6) is -2.39. The number of para-hydroxylation sites is 2. The highest BCUT2D eigenvalue weighted by Crippen LogP contribution is 2.25. The van der Waals surface area contributed by atoms with E-state index in [9.17, 15) is 29.4 Å². The van der Waals surface area contributed by atoms with Crippen LogP contribution in [0.2, 0.25) is 5.02 Å². The predicted octanol–water partition coefficient (Wildman–Crippen LogP) is 8.08. The highest BCUT2D eigenvalue weighted by Gasteiger charge is 2.25. The van der Waals surface area contributed by atoms with Crippen LogP contribution in [0.15, 0.2) is 127 Å². The van der Waals surface area contributed by atoms with E-state index in [0.29, 0.717) is 35.1 Å². The lowest BCUT2D eigenvalue weighted by Gasteiger charge is -2.19. The van der Waals surface area contributed by atoms with Gasteiger partial charge in [-0.3, -0.25) is 23.9 Å². The zero-order valence-electron chi connectivity index (χ0n) is 33.2. The number of rotatable bonds is 14. The van der Waals surface area contributed by atoms with Crippen LogP contribution in [0.1, 0.15) is 86.6 Å². The van der Waals surface area contributed by atoms with E-state index in [-0.39, 0.29) is 24.4 Å². The van der Waals surface area contributed by atoms with Crippen LogP contribution in [0.5, 0.6) is 0 Å². The van der Waals surface area contributed by atoms with E-state index < -0.39 is 35.8 Å². The average molecular weight is 826 g/mol. The summed E-state index contributed by atoms with van der Waals surface area (Å²) in [7, 11) is 0. The molecule has 2 atom stereocenters. The molecule has 0 spiro atoms. The number of aromatic nitrogens is 5. The summed E-state index contributed by atoms with van der Waals surface area (Å²) in [6.07, 6.45) is 0.0852.